The van der Waals surface area contributed by atoms with Crippen LogP contribution in [0.15, 0.2) is 55.2 Å². The Morgan fingerprint density at radius 2 is 1.96 bits per heavy atom. The van der Waals surface area contributed by atoms with Crippen molar-refractivity contribution in [2.75, 3.05) is 18.0 Å². The number of piperidine rings is 1. The average molecular weight is 337 g/mol. The van der Waals surface area contributed by atoms with Crippen molar-refractivity contribution in [2.24, 2.45) is 0 Å². The number of pyridine rings is 2. The zero-order valence-electron chi connectivity index (χ0n) is 13.9. The van der Waals surface area contributed by atoms with Crippen LogP contribution in [-0.2, 0) is 6.54 Å². The van der Waals surface area contributed by atoms with E-state index in [2.05, 4.69) is 24.4 Å². The zero-order chi connectivity index (χ0) is 17.1. The minimum atomic E-state index is -0.301. The van der Waals surface area contributed by atoms with E-state index in [4.69, 9.17) is 0 Å². The van der Waals surface area contributed by atoms with Gasteiger partial charge in [-0.2, -0.15) is 0 Å². The van der Waals surface area contributed by atoms with Crippen molar-refractivity contribution in [1.82, 2.24) is 19.5 Å². The predicted octanol–water partition coefficient (Wildman–Crippen LogP) is 3.24. The fraction of sp³-hybridized carbons (Fsp3) is 0.316. The van der Waals surface area contributed by atoms with Crippen molar-refractivity contribution in [3.05, 3.63) is 72.5 Å². The number of imidazole rings is 1. The summed E-state index contributed by atoms with van der Waals surface area (Å²) in [5, 5.41) is 0. The van der Waals surface area contributed by atoms with Crippen molar-refractivity contribution in [1.29, 1.82) is 0 Å². The summed E-state index contributed by atoms with van der Waals surface area (Å²) in [4.78, 5) is 15.1. The normalized spacial score (nSPS) is 17.6. The van der Waals surface area contributed by atoms with Gasteiger partial charge in [0, 0.05) is 50.3 Å². The molecule has 25 heavy (non-hydrogen) atoms. The SMILES string of the molecule is Fc1ccc(N2CCCC(c3nccn3Cc3ccncc3)C2)nc1. The molecule has 5 nitrogen and oxygen atoms in total. The molecule has 0 saturated carbocycles. The monoisotopic (exact) mass is 337 g/mol. The standard InChI is InChI=1S/C19H20FN5/c20-17-3-4-18(23-12-17)24-10-1-2-16(14-24)19-22-9-11-25(19)13-15-5-7-21-8-6-15/h3-9,11-12,16H,1-2,10,13-14H2. The van der Waals surface area contributed by atoms with E-state index in [1.165, 1.54) is 17.8 Å². The highest BCUT2D eigenvalue weighted by Crippen LogP contribution is 2.28. The molecule has 1 aliphatic rings. The van der Waals surface area contributed by atoms with Crippen LogP contribution in [0.25, 0.3) is 0 Å². The molecule has 3 aromatic heterocycles. The summed E-state index contributed by atoms with van der Waals surface area (Å²) in [5.41, 5.74) is 1.21. The molecule has 0 aromatic carbocycles. The lowest BCUT2D eigenvalue weighted by molar-refractivity contribution is 0.473. The summed E-state index contributed by atoms with van der Waals surface area (Å²) in [6, 6.07) is 7.27. The van der Waals surface area contributed by atoms with Gasteiger partial charge in [0.05, 0.1) is 6.20 Å². The van der Waals surface area contributed by atoms with E-state index < -0.39 is 0 Å². The van der Waals surface area contributed by atoms with Gasteiger partial charge in [0.25, 0.3) is 0 Å². The molecule has 1 fully saturated rings. The third kappa shape index (κ3) is 3.52. The van der Waals surface area contributed by atoms with E-state index in [-0.39, 0.29) is 5.82 Å². The van der Waals surface area contributed by atoms with E-state index in [0.717, 1.165) is 44.1 Å². The Morgan fingerprint density at radius 1 is 1.08 bits per heavy atom. The Hall–Kier alpha value is -2.76. The predicted molar refractivity (Wildman–Crippen MR) is 93.9 cm³/mol. The molecule has 0 aliphatic carbocycles. The van der Waals surface area contributed by atoms with Crippen LogP contribution in [0.1, 0.15) is 30.1 Å². The molecular weight excluding hydrogens is 317 g/mol. The van der Waals surface area contributed by atoms with E-state index in [0.29, 0.717) is 5.92 Å². The van der Waals surface area contributed by atoms with Crippen LogP contribution < -0.4 is 4.90 Å². The summed E-state index contributed by atoms with van der Waals surface area (Å²) in [5.74, 6) is 1.98. The minimum absolute atomic E-state index is 0.301. The highest BCUT2D eigenvalue weighted by Gasteiger charge is 2.25. The van der Waals surface area contributed by atoms with Crippen molar-refractivity contribution >= 4 is 5.82 Å². The molecule has 0 radical (unpaired) electrons. The molecule has 1 aliphatic heterocycles. The molecule has 0 bridgehead atoms. The van der Waals surface area contributed by atoms with Crippen LogP contribution in [-0.4, -0.2) is 32.6 Å². The molecule has 6 heteroatoms. The van der Waals surface area contributed by atoms with Crippen molar-refractivity contribution in [2.45, 2.75) is 25.3 Å². The Kier molecular flexibility index (Phi) is 4.41. The first-order chi connectivity index (χ1) is 12.3. The lowest BCUT2D eigenvalue weighted by Gasteiger charge is -2.33. The minimum Gasteiger partial charge on any atom is -0.356 e. The van der Waals surface area contributed by atoms with Gasteiger partial charge in [0.2, 0.25) is 0 Å². The number of hydrogen-bond donors (Lipinski definition) is 0. The molecule has 0 amide bonds. The molecule has 3 aromatic rings. The fourth-order valence-corrected chi connectivity index (χ4v) is 3.45. The second kappa shape index (κ2) is 7.01. The summed E-state index contributed by atoms with van der Waals surface area (Å²) in [6.45, 7) is 2.59. The molecule has 1 saturated heterocycles. The molecule has 4 heterocycles. The van der Waals surface area contributed by atoms with Gasteiger partial charge < -0.3 is 9.47 Å². The van der Waals surface area contributed by atoms with Crippen LogP contribution in [0.5, 0.6) is 0 Å². The lowest BCUT2D eigenvalue weighted by atomic mass is 9.97. The Balaban J connectivity index is 1.52. The van der Waals surface area contributed by atoms with Gasteiger partial charge >= 0.3 is 0 Å². The number of nitrogens with zero attached hydrogens (tertiary/aromatic N) is 5. The van der Waals surface area contributed by atoms with Crippen molar-refractivity contribution in [3.63, 3.8) is 0 Å². The number of rotatable bonds is 4. The molecule has 1 atom stereocenters. The lowest BCUT2D eigenvalue weighted by Crippen LogP contribution is -2.36. The molecule has 128 valence electrons. The highest BCUT2D eigenvalue weighted by atomic mass is 19.1. The quantitative estimate of drug-likeness (QED) is 0.733. The van der Waals surface area contributed by atoms with Crippen LogP contribution in [0.3, 0.4) is 0 Å². The van der Waals surface area contributed by atoms with Gasteiger partial charge in [-0.3, -0.25) is 4.98 Å². The zero-order valence-corrected chi connectivity index (χ0v) is 13.9. The van der Waals surface area contributed by atoms with Crippen LogP contribution in [0.2, 0.25) is 0 Å². The largest absolute Gasteiger partial charge is 0.356 e. The third-order valence-corrected chi connectivity index (χ3v) is 4.67. The van der Waals surface area contributed by atoms with E-state index in [9.17, 15) is 4.39 Å². The Bertz CT molecular complexity index is 815. The number of anilines is 1. The van der Waals surface area contributed by atoms with E-state index in [1.54, 1.807) is 6.07 Å². The summed E-state index contributed by atoms with van der Waals surface area (Å²) in [7, 11) is 0. The maximum atomic E-state index is 13.1. The van der Waals surface area contributed by atoms with Crippen molar-refractivity contribution in [3.8, 4) is 0 Å². The summed E-state index contributed by atoms with van der Waals surface area (Å²) >= 11 is 0. The van der Waals surface area contributed by atoms with Gasteiger partial charge in [-0.05, 0) is 42.7 Å². The highest BCUT2D eigenvalue weighted by molar-refractivity contribution is 5.39. The number of aromatic nitrogens is 4. The van der Waals surface area contributed by atoms with E-state index in [1.807, 2.05) is 36.9 Å². The Morgan fingerprint density at radius 3 is 2.76 bits per heavy atom. The molecule has 0 N–H and O–H groups in total. The van der Waals surface area contributed by atoms with Crippen LogP contribution in [0.4, 0.5) is 10.2 Å². The molecule has 4 rings (SSSR count). The summed E-state index contributed by atoms with van der Waals surface area (Å²) in [6.07, 6.45) is 11.0. The molecule has 0 spiro atoms. The first-order valence-electron chi connectivity index (χ1n) is 8.56. The fourth-order valence-electron chi connectivity index (χ4n) is 3.45. The number of hydrogen-bond acceptors (Lipinski definition) is 4. The second-order valence-electron chi connectivity index (χ2n) is 6.39. The first kappa shape index (κ1) is 15.7. The smallest absolute Gasteiger partial charge is 0.141 e. The van der Waals surface area contributed by atoms with Crippen LogP contribution >= 0.6 is 0 Å². The molecular formula is C19H20FN5. The van der Waals surface area contributed by atoms with Gasteiger partial charge in [-0.1, -0.05) is 0 Å². The number of halogens is 1. The Labute approximate surface area is 146 Å². The molecule has 1 unspecified atom stereocenters. The second-order valence-corrected chi connectivity index (χ2v) is 6.39. The van der Waals surface area contributed by atoms with E-state index >= 15 is 0 Å². The van der Waals surface area contributed by atoms with Gasteiger partial charge in [0.1, 0.15) is 17.5 Å². The summed E-state index contributed by atoms with van der Waals surface area (Å²) < 4.78 is 15.3. The topological polar surface area (TPSA) is 46.8 Å². The van der Waals surface area contributed by atoms with Crippen molar-refractivity contribution < 1.29 is 4.39 Å². The maximum Gasteiger partial charge on any atom is 0.141 e. The third-order valence-electron chi connectivity index (χ3n) is 4.67. The van der Waals surface area contributed by atoms with Crippen LogP contribution in [0, 0.1) is 5.82 Å². The van der Waals surface area contributed by atoms with Gasteiger partial charge in [-0.25, -0.2) is 14.4 Å². The maximum absolute atomic E-state index is 13.1. The van der Waals surface area contributed by atoms with Gasteiger partial charge in [0.15, 0.2) is 0 Å². The average Bonchev–Trinajstić information content (AvgIpc) is 3.11. The first-order valence-corrected chi connectivity index (χ1v) is 8.56. The van der Waals surface area contributed by atoms with Gasteiger partial charge in [-0.15, -0.1) is 0 Å².